The summed E-state index contributed by atoms with van der Waals surface area (Å²) in [5, 5.41) is 0. The van der Waals surface area contributed by atoms with Crippen LogP contribution >= 0.6 is 11.8 Å². The number of furan rings is 1. The van der Waals surface area contributed by atoms with E-state index in [1.165, 1.54) is 18.6 Å². The number of aldehydes is 1. The van der Waals surface area contributed by atoms with E-state index in [-0.39, 0.29) is 0 Å². The summed E-state index contributed by atoms with van der Waals surface area (Å²) in [7, 11) is 0. The zero-order valence-electron chi connectivity index (χ0n) is 7.36. The van der Waals surface area contributed by atoms with Gasteiger partial charge in [-0.25, -0.2) is 0 Å². The van der Waals surface area contributed by atoms with Gasteiger partial charge in [-0.1, -0.05) is 0 Å². The van der Waals surface area contributed by atoms with Crippen molar-refractivity contribution in [3.8, 4) is 0 Å². The molecule has 1 fully saturated rings. The first kappa shape index (κ1) is 8.88. The summed E-state index contributed by atoms with van der Waals surface area (Å²) >= 11 is 1.96. The fourth-order valence-corrected chi connectivity index (χ4v) is 2.92. The van der Waals surface area contributed by atoms with Gasteiger partial charge in [0.25, 0.3) is 0 Å². The maximum Gasteiger partial charge on any atom is 0.185 e. The fraction of sp³-hybridized carbons (Fsp3) is 0.500. The Morgan fingerprint density at radius 2 is 2.54 bits per heavy atom. The Hall–Kier alpha value is -0.700. The molecule has 1 unspecified atom stereocenters. The Labute approximate surface area is 81.7 Å². The van der Waals surface area contributed by atoms with E-state index in [0.717, 1.165) is 17.6 Å². The van der Waals surface area contributed by atoms with Crippen LogP contribution < -0.4 is 0 Å². The van der Waals surface area contributed by atoms with Gasteiger partial charge in [0.1, 0.15) is 0 Å². The lowest BCUT2D eigenvalue weighted by Crippen LogP contribution is -2.09. The molecular weight excluding hydrogens is 184 g/mol. The number of thioether (sulfide) groups is 1. The molecular formula is C10H12O2S. The highest BCUT2D eigenvalue weighted by molar-refractivity contribution is 7.99. The van der Waals surface area contributed by atoms with Gasteiger partial charge in [-0.05, 0) is 30.6 Å². The molecule has 0 bridgehead atoms. The molecule has 1 aromatic rings. The second-order valence-electron chi connectivity index (χ2n) is 3.27. The minimum Gasteiger partial charge on any atom is -0.461 e. The van der Waals surface area contributed by atoms with Crippen LogP contribution in [-0.4, -0.2) is 17.8 Å². The van der Waals surface area contributed by atoms with Crippen LogP contribution in [0.15, 0.2) is 16.7 Å². The molecule has 0 spiro atoms. The molecule has 0 aromatic carbocycles. The molecule has 2 heterocycles. The van der Waals surface area contributed by atoms with Gasteiger partial charge < -0.3 is 4.42 Å². The summed E-state index contributed by atoms with van der Waals surface area (Å²) in [6.07, 6.45) is 4.86. The third-order valence-electron chi connectivity index (χ3n) is 2.43. The normalized spacial score (nSPS) is 22.9. The van der Waals surface area contributed by atoms with E-state index in [1.807, 2.05) is 17.8 Å². The van der Waals surface area contributed by atoms with E-state index < -0.39 is 0 Å². The van der Waals surface area contributed by atoms with Crippen LogP contribution in [0, 0.1) is 0 Å². The van der Waals surface area contributed by atoms with Crippen molar-refractivity contribution in [2.24, 2.45) is 0 Å². The topological polar surface area (TPSA) is 30.2 Å². The predicted octanol–water partition coefficient (Wildman–Crippen LogP) is 2.70. The summed E-state index contributed by atoms with van der Waals surface area (Å²) < 4.78 is 5.09. The lowest BCUT2D eigenvalue weighted by molar-refractivity contribution is 0.109. The van der Waals surface area contributed by atoms with Crippen LogP contribution in [0.5, 0.6) is 0 Å². The molecule has 0 radical (unpaired) electrons. The number of hydrogen-bond donors (Lipinski definition) is 0. The van der Waals surface area contributed by atoms with E-state index in [4.69, 9.17) is 4.42 Å². The van der Waals surface area contributed by atoms with Crippen molar-refractivity contribution in [1.82, 2.24) is 0 Å². The van der Waals surface area contributed by atoms with Crippen LogP contribution in [-0.2, 0) is 0 Å². The third-order valence-corrected chi connectivity index (χ3v) is 3.65. The van der Waals surface area contributed by atoms with E-state index in [1.54, 1.807) is 6.26 Å². The molecule has 13 heavy (non-hydrogen) atoms. The first-order valence-electron chi connectivity index (χ1n) is 4.52. The molecule has 3 heteroatoms. The Balaban J connectivity index is 2.17. The molecule has 1 aliphatic rings. The van der Waals surface area contributed by atoms with Crippen molar-refractivity contribution in [2.75, 3.05) is 11.5 Å². The van der Waals surface area contributed by atoms with Gasteiger partial charge >= 0.3 is 0 Å². The number of carbonyl (C=O) groups excluding carboxylic acids is 1. The lowest BCUT2D eigenvalue weighted by Gasteiger charge is -2.20. The second-order valence-corrected chi connectivity index (χ2v) is 4.42. The Kier molecular flexibility index (Phi) is 2.74. The molecule has 0 aliphatic carbocycles. The number of rotatable bonds is 2. The molecule has 0 amide bonds. The van der Waals surface area contributed by atoms with Crippen LogP contribution in [0.25, 0.3) is 0 Å². The van der Waals surface area contributed by atoms with E-state index in [9.17, 15) is 4.79 Å². The smallest absolute Gasteiger partial charge is 0.185 e. The van der Waals surface area contributed by atoms with Gasteiger partial charge in [-0.15, -0.1) is 0 Å². The minimum absolute atomic E-state index is 0.521. The number of hydrogen-bond acceptors (Lipinski definition) is 3. The summed E-state index contributed by atoms with van der Waals surface area (Å²) in [5.41, 5.74) is 1.10. The lowest BCUT2D eigenvalue weighted by atomic mass is 9.96. The average molecular weight is 196 g/mol. The highest BCUT2D eigenvalue weighted by Gasteiger charge is 2.20. The van der Waals surface area contributed by atoms with Crippen molar-refractivity contribution in [2.45, 2.75) is 18.8 Å². The molecule has 2 rings (SSSR count). The maximum atomic E-state index is 10.6. The van der Waals surface area contributed by atoms with Crippen molar-refractivity contribution >= 4 is 18.0 Å². The molecule has 1 atom stereocenters. The Bertz CT molecular complexity index is 287. The average Bonchev–Trinajstić information content (AvgIpc) is 2.67. The Morgan fingerprint density at radius 1 is 1.62 bits per heavy atom. The van der Waals surface area contributed by atoms with Crippen LogP contribution in [0.1, 0.15) is 34.9 Å². The van der Waals surface area contributed by atoms with Gasteiger partial charge in [0.05, 0.1) is 6.26 Å². The van der Waals surface area contributed by atoms with Gasteiger partial charge in [-0.2, -0.15) is 11.8 Å². The van der Waals surface area contributed by atoms with E-state index in [2.05, 4.69) is 0 Å². The van der Waals surface area contributed by atoms with E-state index in [0.29, 0.717) is 11.7 Å². The second kappa shape index (κ2) is 4.01. The number of carbonyl (C=O) groups is 1. The van der Waals surface area contributed by atoms with Gasteiger partial charge in [0.15, 0.2) is 12.0 Å². The van der Waals surface area contributed by atoms with Crippen molar-refractivity contribution in [1.29, 1.82) is 0 Å². The highest BCUT2D eigenvalue weighted by atomic mass is 32.2. The van der Waals surface area contributed by atoms with Crippen molar-refractivity contribution in [3.63, 3.8) is 0 Å². The molecule has 1 aliphatic heterocycles. The Morgan fingerprint density at radius 3 is 3.23 bits per heavy atom. The van der Waals surface area contributed by atoms with Crippen LogP contribution in [0.4, 0.5) is 0 Å². The minimum atomic E-state index is 0.521. The largest absolute Gasteiger partial charge is 0.461 e. The van der Waals surface area contributed by atoms with Crippen LogP contribution in [0.2, 0.25) is 0 Å². The summed E-state index contributed by atoms with van der Waals surface area (Å²) in [5.74, 6) is 3.43. The summed E-state index contributed by atoms with van der Waals surface area (Å²) in [6.45, 7) is 0. The zero-order chi connectivity index (χ0) is 9.10. The first-order chi connectivity index (χ1) is 6.42. The molecule has 0 N–H and O–H groups in total. The molecule has 70 valence electrons. The van der Waals surface area contributed by atoms with Gasteiger partial charge in [0.2, 0.25) is 0 Å². The first-order valence-corrected chi connectivity index (χ1v) is 5.67. The van der Waals surface area contributed by atoms with E-state index >= 15 is 0 Å². The zero-order valence-corrected chi connectivity index (χ0v) is 8.18. The standard InChI is InChI=1S/C10H12O2S/c11-6-10-9(3-4-12-10)8-2-1-5-13-7-8/h3-4,6,8H,1-2,5,7H2. The quantitative estimate of drug-likeness (QED) is 0.681. The maximum absolute atomic E-state index is 10.6. The van der Waals surface area contributed by atoms with Gasteiger partial charge in [0, 0.05) is 11.3 Å². The van der Waals surface area contributed by atoms with Crippen molar-refractivity contribution < 1.29 is 9.21 Å². The monoisotopic (exact) mass is 196 g/mol. The summed E-state index contributed by atoms with van der Waals surface area (Å²) in [6, 6.07) is 1.93. The molecule has 0 saturated carbocycles. The van der Waals surface area contributed by atoms with Crippen molar-refractivity contribution in [3.05, 3.63) is 23.7 Å². The third kappa shape index (κ3) is 1.80. The SMILES string of the molecule is O=Cc1occc1C1CCCSC1. The summed E-state index contributed by atoms with van der Waals surface area (Å²) in [4.78, 5) is 10.6. The van der Waals surface area contributed by atoms with Crippen LogP contribution in [0.3, 0.4) is 0 Å². The van der Waals surface area contributed by atoms with Gasteiger partial charge in [-0.3, -0.25) is 4.79 Å². The molecule has 1 aromatic heterocycles. The predicted molar refractivity (Wildman–Crippen MR) is 53.4 cm³/mol. The fourth-order valence-electron chi connectivity index (χ4n) is 1.75. The molecule has 2 nitrogen and oxygen atoms in total. The molecule has 1 saturated heterocycles. The highest BCUT2D eigenvalue weighted by Crippen LogP contribution is 2.32.